The molecule has 8 N–H and O–H groups in total. The molecule has 0 aliphatic rings. The number of primary amides is 2. The molecule has 0 aromatic carbocycles. The monoisotopic (exact) mass is 174 g/mol. The fourth-order valence-electron chi connectivity index (χ4n) is 0.644. The van der Waals surface area contributed by atoms with Crippen molar-refractivity contribution in [1.29, 1.82) is 0 Å². The highest BCUT2D eigenvalue weighted by molar-refractivity contribution is 5.81. The van der Waals surface area contributed by atoms with E-state index in [0.717, 1.165) is 0 Å². The quantitative estimate of drug-likeness (QED) is 0.362. The molecule has 0 spiro atoms. The lowest BCUT2D eigenvalue weighted by Crippen LogP contribution is -2.41. The van der Waals surface area contributed by atoms with Gasteiger partial charge in [0.05, 0.1) is 12.1 Å². The molecule has 70 valence electrons. The summed E-state index contributed by atoms with van der Waals surface area (Å²) in [6.45, 7) is 0. The highest BCUT2D eigenvalue weighted by Crippen LogP contribution is 1.96. The van der Waals surface area contributed by atoms with Gasteiger partial charge in [0.25, 0.3) is 0 Å². The Morgan fingerprint density at radius 3 is 1.33 bits per heavy atom. The van der Waals surface area contributed by atoms with Gasteiger partial charge in [0.1, 0.15) is 0 Å². The van der Waals surface area contributed by atoms with E-state index in [2.05, 4.69) is 0 Å². The van der Waals surface area contributed by atoms with Gasteiger partial charge in [-0.15, -0.1) is 0 Å². The van der Waals surface area contributed by atoms with Crippen LogP contribution in [0.15, 0.2) is 0 Å². The van der Waals surface area contributed by atoms with E-state index < -0.39 is 23.9 Å². The molecule has 0 saturated carbocycles. The van der Waals surface area contributed by atoms with Gasteiger partial charge in [-0.05, 0) is 12.8 Å². The molecule has 12 heavy (non-hydrogen) atoms. The van der Waals surface area contributed by atoms with Crippen molar-refractivity contribution < 1.29 is 9.59 Å². The average Bonchev–Trinajstić information content (AvgIpc) is 1.98. The number of rotatable bonds is 5. The Kier molecular flexibility index (Phi) is 4.24. The lowest BCUT2D eigenvalue weighted by molar-refractivity contribution is -0.121. The molecule has 6 heteroatoms. The molecule has 2 amide bonds. The number of carbonyl (C=O) groups is 2. The van der Waals surface area contributed by atoms with E-state index in [0.29, 0.717) is 0 Å². The third-order valence-corrected chi connectivity index (χ3v) is 1.52. The smallest absolute Gasteiger partial charge is 0.234 e. The molecular formula is C6H14N4O2. The van der Waals surface area contributed by atoms with Gasteiger partial charge in [0, 0.05) is 0 Å². The first-order valence-electron chi connectivity index (χ1n) is 3.55. The van der Waals surface area contributed by atoms with Crippen LogP contribution in [0.1, 0.15) is 12.8 Å². The van der Waals surface area contributed by atoms with E-state index in [-0.39, 0.29) is 12.8 Å². The van der Waals surface area contributed by atoms with Crippen molar-refractivity contribution in [2.45, 2.75) is 24.9 Å². The van der Waals surface area contributed by atoms with Crippen LogP contribution < -0.4 is 22.9 Å². The van der Waals surface area contributed by atoms with E-state index in [1.807, 2.05) is 0 Å². The Hall–Kier alpha value is -1.14. The van der Waals surface area contributed by atoms with Crippen LogP contribution in [0.3, 0.4) is 0 Å². The largest absolute Gasteiger partial charge is 0.368 e. The Bertz CT molecular complexity index is 162. The third-order valence-electron chi connectivity index (χ3n) is 1.52. The summed E-state index contributed by atoms with van der Waals surface area (Å²) in [4.78, 5) is 20.8. The molecule has 0 fully saturated rings. The molecule has 6 nitrogen and oxygen atoms in total. The number of hydrogen-bond acceptors (Lipinski definition) is 4. The summed E-state index contributed by atoms with van der Waals surface area (Å²) in [6.07, 6.45) is 0.554. The van der Waals surface area contributed by atoms with Gasteiger partial charge in [-0.2, -0.15) is 0 Å². The maximum Gasteiger partial charge on any atom is 0.234 e. The van der Waals surface area contributed by atoms with Crippen molar-refractivity contribution in [3.8, 4) is 0 Å². The minimum atomic E-state index is -0.754. The predicted molar refractivity (Wildman–Crippen MR) is 43.6 cm³/mol. The summed E-state index contributed by atoms with van der Waals surface area (Å²) >= 11 is 0. The molecule has 0 aromatic rings. The molecule has 0 heterocycles. The van der Waals surface area contributed by atoms with E-state index in [1.165, 1.54) is 0 Å². The Morgan fingerprint density at radius 2 is 1.17 bits per heavy atom. The maximum atomic E-state index is 10.4. The summed E-state index contributed by atoms with van der Waals surface area (Å²) in [5.74, 6) is -1.21. The summed E-state index contributed by atoms with van der Waals surface area (Å²) in [7, 11) is 0. The first-order valence-corrected chi connectivity index (χ1v) is 3.55. The second-order valence-electron chi connectivity index (χ2n) is 2.60. The van der Waals surface area contributed by atoms with Crippen molar-refractivity contribution in [3.63, 3.8) is 0 Å². The summed E-state index contributed by atoms with van der Waals surface area (Å²) < 4.78 is 0. The van der Waals surface area contributed by atoms with Crippen LogP contribution in [-0.4, -0.2) is 23.9 Å². The van der Waals surface area contributed by atoms with Crippen LogP contribution in [0.4, 0.5) is 0 Å². The number of nitrogens with two attached hydrogens (primary N) is 4. The third kappa shape index (κ3) is 3.89. The SMILES string of the molecule is NC(=O)C(N)CC[C@H](N)C(N)=O. The van der Waals surface area contributed by atoms with Gasteiger partial charge >= 0.3 is 0 Å². The molecular weight excluding hydrogens is 160 g/mol. The molecule has 0 aliphatic carbocycles. The molecule has 1 unspecified atom stereocenters. The van der Waals surface area contributed by atoms with Crippen molar-refractivity contribution in [2.24, 2.45) is 22.9 Å². The van der Waals surface area contributed by atoms with Crippen LogP contribution in [0.5, 0.6) is 0 Å². The average molecular weight is 174 g/mol. The molecule has 0 aromatic heterocycles. The molecule has 0 radical (unpaired) electrons. The lowest BCUT2D eigenvalue weighted by Gasteiger charge is -2.09. The van der Waals surface area contributed by atoms with Crippen molar-refractivity contribution in [1.82, 2.24) is 0 Å². The topological polar surface area (TPSA) is 138 Å². The zero-order valence-corrected chi connectivity index (χ0v) is 6.69. The summed E-state index contributed by atoms with van der Waals surface area (Å²) in [5.41, 5.74) is 20.3. The maximum absolute atomic E-state index is 10.4. The zero-order valence-electron chi connectivity index (χ0n) is 6.69. The van der Waals surface area contributed by atoms with Gasteiger partial charge in [-0.25, -0.2) is 0 Å². The van der Waals surface area contributed by atoms with Gasteiger partial charge in [-0.1, -0.05) is 0 Å². The van der Waals surface area contributed by atoms with E-state index in [4.69, 9.17) is 22.9 Å². The lowest BCUT2D eigenvalue weighted by atomic mass is 10.1. The van der Waals surface area contributed by atoms with E-state index in [1.54, 1.807) is 0 Å². The first kappa shape index (κ1) is 10.9. The molecule has 0 saturated heterocycles. The van der Waals surface area contributed by atoms with Gasteiger partial charge in [0.15, 0.2) is 0 Å². The Labute approximate surface area is 70.2 Å². The predicted octanol–water partition coefficient (Wildman–Crippen LogP) is -2.61. The highest BCUT2D eigenvalue weighted by Gasteiger charge is 2.14. The van der Waals surface area contributed by atoms with Crippen molar-refractivity contribution in [3.05, 3.63) is 0 Å². The van der Waals surface area contributed by atoms with Gasteiger partial charge < -0.3 is 22.9 Å². The Balaban J connectivity index is 3.68. The number of carbonyl (C=O) groups excluding carboxylic acids is 2. The van der Waals surface area contributed by atoms with Gasteiger partial charge in [-0.3, -0.25) is 9.59 Å². The summed E-state index contributed by atoms with van der Waals surface area (Å²) in [5, 5.41) is 0. The van der Waals surface area contributed by atoms with Gasteiger partial charge in [0.2, 0.25) is 11.8 Å². The Morgan fingerprint density at radius 1 is 0.917 bits per heavy atom. The second kappa shape index (κ2) is 4.68. The highest BCUT2D eigenvalue weighted by atomic mass is 16.1. The number of amides is 2. The fourth-order valence-corrected chi connectivity index (χ4v) is 0.644. The molecule has 2 atom stereocenters. The fraction of sp³-hybridized carbons (Fsp3) is 0.667. The van der Waals surface area contributed by atoms with E-state index in [9.17, 15) is 9.59 Å². The molecule has 0 aliphatic heterocycles. The summed E-state index contributed by atoms with van der Waals surface area (Å²) in [6, 6.07) is -1.51. The number of hydrogen-bond donors (Lipinski definition) is 4. The molecule has 0 rings (SSSR count). The zero-order chi connectivity index (χ0) is 9.72. The minimum absolute atomic E-state index is 0.277. The van der Waals surface area contributed by atoms with E-state index >= 15 is 0 Å². The normalized spacial score (nSPS) is 15.2. The van der Waals surface area contributed by atoms with Crippen LogP contribution >= 0.6 is 0 Å². The second-order valence-corrected chi connectivity index (χ2v) is 2.60. The van der Waals surface area contributed by atoms with Crippen molar-refractivity contribution >= 4 is 11.8 Å². The standard InChI is InChI=1S/C6H14N4O2/c7-3(5(9)11)1-2-4(8)6(10)12/h3-4H,1-2,7-8H2,(H2,9,11)(H2,10,12)/t3-,4?/m0/s1. The van der Waals surface area contributed by atoms with Crippen LogP contribution in [0.2, 0.25) is 0 Å². The minimum Gasteiger partial charge on any atom is -0.368 e. The van der Waals surface area contributed by atoms with Crippen LogP contribution in [0, 0.1) is 0 Å². The van der Waals surface area contributed by atoms with Crippen LogP contribution in [0.25, 0.3) is 0 Å². The first-order chi connectivity index (χ1) is 5.45. The van der Waals surface area contributed by atoms with Crippen molar-refractivity contribution in [2.75, 3.05) is 0 Å². The molecule has 0 bridgehead atoms. The van der Waals surface area contributed by atoms with Crippen LogP contribution in [-0.2, 0) is 9.59 Å².